The van der Waals surface area contributed by atoms with Crippen LogP contribution in [0.4, 0.5) is 0 Å². The molecular formula is C16H21NO2. The molecule has 3 aliphatic rings. The summed E-state index contributed by atoms with van der Waals surface area (Å²) in [5.41, 5.74) is 3.53. The Kier molecular flexibility index (Phi) is 2.59. The Morgan fingerprint density at radius 1 is 1.37 bits per heavy atom. The van der Waals surface area contributed by atoms with Crippen molar-refractivity contribution in [3.05, 3.63) is 23.0 Å². The number of carbonyl (C=O) groups is 1. The average molecular weight is 259 g/mol. The van der Waals surface area contributed by atoms with Crippen molar-refractivity contribution in [3.63, 3.8) is 0 Å². The number of aromatic nitrogens is 1. The molecule has 0 amide bonds. The van der Waals surface area contributed by atoms with E-state index in [0.717, 1.165) is 31.4 Å². The molecule has 2 bridgehead atoms. The van der Waals surface area contributed by atoms with Gasteiger partial charge in [0.15, 0.2) is 5.78 Å². The monoisotopic (exact) mass is 259 g/mol. The van der Waals surface area contributed by atoms with Gasteiger partial charge in [0, 0.05) is 35.8 Å². The number of Topliss-reactive ketones (excluding diaryl/α,β-unsaturated/α-hetero) is 1. The molecule has 4 rings (SSSR count). The Bertz CT molecular complexity index is 531. The molecule has 2 fully saturated rings. The first-order valence-corrected chi connectivity index (χ1v) is 7.60. The number of fused-ring (bicyclic) bond motifs is 3. The molecule has 3 nitrogen and oxygen atoms in total. The zero-order chi connectivity index (χ0) is 13.0. The Hall–Kier alpha value is -1.09. The number of nitrogens with zero attached hydrogens (tertiary/aromatic N) is 1. The minimum atomic E-state index is 0.340. The lowest BCUT2D eigenvalue weighted by Gasteiger charge is -2.23. The molecule has 0 aromatic carbocycles. The van der Waals surface area contributed by atoms with Gasteiger partial charge in [0.25, 0.3) is 0 Å². The lowest BCUT2D eigenvalue weighted by atomic mass is 9.89. The van der Waals surface area contributed by atoms with Crippen molar-refractivity contribution in [2.75, 3.05) is 0 Å². The van der Waals surface area contributed by atoms with Crippen LogP contribution in [0.3, 0.4) is 0 Å². The summed E-state index contributed by atoms with van der Waals surface area (Å²) in [6.45, 7) is 3.19. The molecule has 1 aromatic heterocycles. The summed E-state index contributed by atoms with van der Waals surface area (Å²) in [6.07, 6.45) is 7.50. The second kappa shape index (κ2) is 4.20. The van der Waals surface area contributed by atoms with Gasteiger partial charge in [-0.15, -0.1) is 0 Å². The van der Waals surface area contributed by atoms with E-state index in [2.05, 4.69) is 17.6 Å². The van der Waals surface area contributed by atoms with Crippen molar-refractivity contribution in [1.82, 2.24) is 4.57 Å². The molecule has 2 saturated heterocycles. The van der Waals surface area contributed by atoms with Crippen molar-refractivity contribution in [2.24, 2.45) is 5.92 Å². The molecule has 1 aromatic rings. The molecule has 3 atom stereocenters. The summed E-state index contributed by atoms with van der Waals surface area (Å²) in [4.78, 5) is 12.0. The lowest BCUT2D eigenvalue weighted by molar-refractivity contribution is 0.0896. The highest BCUT2D eigenvalue weighted by Gasteiger charge is 2.41. The van der Waals surface area contributed by atoms with Crippen molar-refractivity contribution in [1.29, 1.82) is 0 Å². The minimum Gasteiger partial charge on any atom is -0.375 e. The van der Waals surface area contributed by atoms with Crippen LogP contribution in [0.15, 0.2) is 6.07 Å². The highest BCUT2D eigenvalue weighted by molar-refractivity contribution is 5.98. The Morgan fingerprint density at radius 3 is 3.00 bits per heavy atom. The van der Waals surface area contributed by atoms with E-state index in [0.29, 0.717) is 23.9 Å². The highest BCUT2D eigenvalue weighted by Crippen LogP contribution is 2.40. The smallest absolute Gasteiger partial charge is 0.164 e. The second-order valence-electron chi connectivity index (χ2n) is 6.40. The van der Waals surface area contributed by atoms with Crippen molar-refractivity contribution in [2.45, 2.75) is 64.2 Å². The van der Waals surface area contributed by atoms with E-state index in [-0.39, 0.29) is 0 Å². The van der Waals surface area contributed by atoms with Crippen LogP contribution in [0, 0.1) is 12.8 Å². The summed E-state index contributed by atoms with van der Waals surface area (Å²) < 4.78 is 8.36. The van der Waals surface area contributed by atoms with Gasteiger partial charge in [0.1, 0.15) is 0 Å². The first-order valence-electron chi connectivity index (χ1n) is 7.60. The first kappa shape index (κ1) is 11.7. The zero-order valence-electron chi connectivity index (χ0n) is 11.5. The van der Waals surface area contributed by atoms with Gasteiger partial charge < -0.3 is 9.30 Å². The van der Waals surface area contributed by atoms with Crippen molar-refractivity contribution < 1.29 is 9.53 Å². The zero-order valence-corrected chi connectivity index (χ0v) is 11.5. The Labute approximate surface area is 113 Å². The number of hydrogen-bond donors (Lipinski definition) is 0. The van der Waals surface area contributed by atoms with Crippen LogP contribution < -0.4 is 0 Å². The van der Waals surface area contributed by atoms with Crippen molar-refractivity contribution >= 4 is 5.78 Å². The molecule has 2 aliphatic heterocycles. The number of aryl methyl sites for hydroxylation is 1. The van der Waals surface area contributed by atoms with Gasteiger partial charge >= 0.3 is 0 Å². The van der Waals surface area contributed by atoms with Crippen LogP contribution in [-0.4, -0.2) is 22.6 Å². The molecule has 0 radical (unpaired) electrons. The van der Waals surface area contributed by atoms with Crippen LogP contribution in [0.1, 0.15) is 53.8 Å². The maximum atomic E-state index is 12.0. The highest BCUT2D eigenvalue weighted by atomic mass is 16.5. The fourth-order valence-electron chi connectivity index (χ4n) is 4.21. The Morgan fingerprint density at radius 2 is 2.26 bits per heavy atom. The third-order valence-electron chi connectivity index (χ3n) is 5.18. The van der Waals surface area contributed by atoms with E-state index in [4.69, 9.17) is 4.74 Å². The topological polar surface area (TPSA) is 31.2 Å². The summed E-state index contributed by atoms with van der Waals surface area (Å²) in [7, 11) is 0. The second-order valence-corrected chi connectivity index (χ2v) is 6.40. The van der Waals surface area contributed by atoms with Crippen molar-refractivity contribution in [3.8, 4) is 0 Å². The fourth-order valence-corrected chi connectivity index (χ4v) is 4.21. The standard InChI is InChI=1S/C16H21NO2/c1-10-7-13-14(3-2-4-15(13)18)17(10)9-11-8-12-5-6-16(11)19-12/h7,11-12,16H,2-6,8-9H2,1H3. The van der Waals surface area contributed by atoms with E-state index in [1.165, 1.54) is 30.7 Å². The predicted octanol–water partition coefficient (Wildman–Crippen LogP) is 2.88. The van der Waals surface area contributed by atoms with E-state index in [9.17, 15) is 4.79 Å². The van der Waals surface area contributed by atoms with E-state index in [1.807, 2.05) is 0 Å². The number of hydrogen-bond acceptors (Lipinski definition) is 2. The van der Waals surface area contributed by atoms with E-state index < -0.39 is 0 Å². The van der Waals surface area contributed by atoms with Gasteiger partial charge in [-0.05, 0) is 45.1 Å². The fraction of sp³-hybridized carbons (Fsp3) is 0.688. The average Bonchev–Trinajstić information content (AvgIpc) is 3.07. The van der Waals surface area contributed by atoms with E-state index >= 15 is 0 Å². The number of rotatable bonds is 2. The van der Waals surface area contributed by atoms with Crippen LogP contribution in [-0.2, 0) is 17.7 Å². The number of ether oxygens (including phenoxy) is 1. The summed E-state index contributed by atoms with van der Waals surface area (Å²) in [5.74, 6) is 0.998. The third kappa shape index (κ3) is 1.78. The molecule has 1 aliphatic carbocycles. The van der Waals surface area contributed by atoms with Gasteiger partial charge in [0.2, 0.25) is 0 Å². The van der Waals surface area contributed by atoms with Gasteiger partial charge in [-0.2, -0.15) is 0 Å². The van der Waals surface area contributed by atoms with Crippen LogP contribution in [0.25, 0.3) is 0 Å². The molecule has 3 unspecified atom stereocenters. The number of carbonyl (C=O) groups excluding carboxylic acids is 1. The van der Waals surface area contributed by atoms with Crippen LogP contribution >= 0.6 is 0 Å². The third-order valence-corrected chi connectivity index (χ3v) is 5.18. The van der Waals surface area contributed by atoms with E-state index in [1.54, 1.807) is 0 Å². The molecule has 0 saturated carbocycles. The molecule has 3 heterocycles. The van der Waals surface area contributed by atoms with Gasteiger partial charge in [-0.3, -0.25) is 4.79 Å². The van der Waals surface area contributed by atoms with Gasteiger partial charge in [-0.1, -0.05) is 0 Å². The van der Waals surface area contributed by atoms with Crippen LogP contribution in [0.2, 0.25) is 0 Å². The minimum absolute atomic E-state index is 0.340. The van der Waals surface area contributed by atoms with Gasteiger partial charge in [-0.25, -0.2) is 0 Å². The first-order chi connectivity index (χ1) is 9.22. The summed E-state index contributed by atoms with van der Waals surface area (Å²) in [6, 6.07) is 2.10. The number of ketones is 1. The van der Waals surface area contributed by atoms with Crippen LogP contribution in [0.5, 0.6) is 0 Å². The quantitative estimate of drug-likeness (QED) is 0.817. The largest absolute Gasteiger partial charge is 0.375 e. The summed E-state index contributed by atoms with van der Waals surface area (Å²) in [5, 5.41) is 0. The molecular weight excluding hydrogens is 238 g/mol. The maximum Gasteiger partial charge on any atom is 0.164 e. The SMILES string of the molecule is Cc1cc2c(n1CC1CC3CCC1O3)CCCC2=O. The molecule has 3 heteroatoms. The van der Waals surface area contributed by atoms with Gasteiger partial charge in [0.05, 0.1) is 12.2 Å². The summed E-state index contributed by atoms with van der Waals surface area (Å²) >= 11 is 0. The Balaban J connectivity index is 1.63. The molecule has 19 heavy (non-hydrogen) atoms. The molecule has 102 valence electrons. The molecule has 0 spiro atoms. The predicted molar refractivity (Wildman–Crippen MR) is 72.4 cm³/mol. The molecule has 0 N–H and O–H groups in total. The normalized spacial score (nSPS) is 32.9. The lowest BCUT2D eigenvalue weighted by Crippen LogP contribution is -2.24. The maximum absolute atomic E-state index is 12.0.